The van der Waals surface area contributed by atoms with E-state index in [1.54, 1.807) is 30.4 Å². The van der Waals surface area contributed by atoms with Crippen LogP contribution in [0.4, 0.5) is 0 Å². The summed E-state index contributed by atoms with van der Waals surface area (Å²) in [5.41, 5.74) is 1.10. The maximum Gasteiger partial charge on any atom is 0.219 e. The van der Waals surface area contributed by atoms with E-state index in [0.29, 0.717) is 16.3 Å². The molecule has 1 amide bonds. The molecule has 0 aliphatic carbocycles. The average molecular weight is 373 g/mol. The Bertz CT molecular complexity index is 613. The van der Waals surface area contributed by atoms with Crippen LogP contribution in [0, 0.1) is 0 Å². The Morgan fingerprint density at radius 3 is 2.96 bits per heavy atom. The van der Waals surface area contributed by atoms with Crippen LogP contribution in [0.25, 0.3) is 0 Å². The van der Waals surface area contributed by atoms with E-state index in [4.69, 9.17) is 16.6 Å². The molecule has 2 atom stereocenters. The molecule has 2 aliphatic heterocycles. The summed E-state index contributed by atoms with van der Waals surface area (Å²) in [7, 11) is 4.11. The summed E-state index contributed by atoms with van der Waals surface area (Å²) in [6.07, 6.45) is 0.945. The number of fused-ring (bicyclic) bond motifs is 3. The molecule has 2 aliphatic rings. The van der Waals surface area contributed by atoms with Crippen LogP contribution in [0.1, 0.15) is 24.8 Å². The third kappa shape index (κ3) is 3.78. The standard InChI is InChI=1S/C15H21ClN4OS2/c1-9(21)20-5-4-10-11(8-20)23-14-12(10)13(16)17-15(18-14)22-7-6-19(2)3/h10-11H,4-8H2,1-3H3. The molecule has 1 saturated heterocycles. The molecule has 0 N–H and O–H groups in total. The molecule has 23 heavy (non-hydrogen) atoms. The van der Waals surface area contributed by atoms with Gasteiger partial charge in [-0.25, -0.2) is 9.97 Å². The lowest BCUT2D eigenvalue weighted by molar-refractivity contribution is -0.129. The SMILES string of the molecule is CC(=O)N1CCC2c3c(Cl)nc(SCCN(C)C)nc3SC2C1. The summed E-state index contributed by atoms with van der Waals surface area (Å²) in [5.74, 6) is 1.47. The number of carbonyl (C=O) groups excluding carboxylic acids is 1. The molecule has 8 heteroatoms. The summed E-state index contributed by atoms with van der Waals surface area (Å²) >= 11 is 9.86. The minimum absolute atomic E-state index is 0.150. The van der Waals surface area contributed by atoms with Crippen LogP contribution in [-0.4, -0.2) is 70.4 Å². The second-order valence-electron chi connectivity index (χ2n) is 6.18. The molecule has 1 aromatic heterocycles. The zero-order chi connectivity index (χ0) is 16.6. The molecule has 0 saturated carbocycles. The predicted octanol–water partition coefficient (Wildman–Crippen LogP) is 2.59. The van der Waals surface area contributed by atoms with E-state index in [1.807, 2.05) is 4.90 Å². The first-order chi connectivity index (χ1) is 11.0. The van der Waals surface area contributed by atoms with E-state index in [0.717, 1.165) is 47.6 Å². The molecule has 3 rings (SSSR count). The first-order valence-corrected chi connectivity index (χ1v) is 9.97. The number of thioether (sulfide) groups is 2. The average Bonchev–Trinajstić information content (AvgIpc) is 2.84. The number of halogens is 1. The highest BCUT2D eigenvalue weighted by Gasteiger charge is 2.41. The molecule has 1 aromatic rings. The summed E-state index contributed by atoms with van der Waals surface area (Å²) in [4.78, 5) is 24.9. The van der Waals surface area contributed by atoms with Gasteiger partial charge in [-0.05, 0) is 20.5 Å². The van der Waals surface area contributed by atoms with Crippen LogP contribution in [0.2, 0.25) is 5.15 Å². The predicted molar refractivity (Wildman–Crippen MR) is 95.6 cm³/mol. The normalized spacial score (nSPS) is 23.1. The third-order valence-corrected chi connectivity index (χ3v) is 6.68. The van der Waals surface area contributed by atoms with Crippen molar-refractivity contribution in [2.24, 2.45) is 0 Å². The molecule has 0 spiro atoms. The van der Waals surface area contributed by atoms with Crippen LogP contribution in [0.3, 0.4) is 0 Å². The maximum absolute atomic E-state index is 11.6. The van der Waals surface area contributed by atoms with E-state index < -0.39 is 0 Å². The van der Waals surface area contributed by atoms with Gasteiger partial charge in [-0.3, -0.25) is 4.79 Å². The van der Waals surface area contributed by atoms with Crippen LogP contribution < -0.4 is 0 Å². The second-order valence-corrected chi connectivity index (χ2v) is 8.83. The van der Waals surface area contributed by atoms with Crippen molar-refractivity contribution in [2.45, 2.75) is 34.7 Å². The van der Waals surface area contributed by atoms with Crippen LogP contribution >= 0.6 is 35.1 Å². The van der Waals surface area contributed by atoms with Gasteiger partial charge in [0.15, 0.2) is 5.16 Å². The number of likely N-dealkylation sites (tertiary alicyclic amines) is 1. The number of hydrogen-bond donors (Lipinski definition) is 0. The Balaban J connectivity index is 1.74. The van der Waals surface area contributed by atoms with Gasteiger partial charge < -0.3 is 9.80 Å². The van der Waals surface area contributed by atoms with Crippen LogP contribution in [0.15, 0.2) is 10.2 Å². The van der Waals surface area contributed by atoms with Crippen molar-refractivity contribution in [2.75, 3.05) is 39.5 Å². The topological polar surface area (TPSA) is 49.3 Å². The number of nitrogens with zero attached hydrogens (tertiary/aromatic N) is 4. The van der Waals surface area contributed by atoms with Crippen molar-refractivity contribution in [1.29, 1.82) is 0 Å². The van der Waals surface area contributed by atoms with Gasteiger partial charge in [0, 0.05) is 49.0 Å². The summed E-state index contributed by atoms with van der Waals surface area (Å²) < 4.78 is 0. The smallest absolute Gasteiger partial charge is 0.219 e. The minimum Gasteiger partial charge on any atom is -0.342 e. The quantitative estimate of drug-likeness (QED) is 0.460. The Hall–Kier alpha value is -0.500. The van der Waals surface area contributed by atoms with Crippen molar-refractivity contribution in [3.05, 3.63) is 10.7 Å². The van der Waals surface area contributed by atoms with Gasteiger partial charge in [-0.2, -0.15) is 0 Å². The first-order valence-electron chi connectivity index (χ1n) is 7.73. The number of rotatable bonds is 4. The molecule has 0 bridgehead atoms. The van der Waals surface area contributed by atoms with E-state index >= 15 is 0 Å². The third-order valence-electron chi connectivity index (χ3n) is 4.25. The van der Waals surface area contributed by atoms with Gasteiger partial charge in [0.1, 0.15) is 10.2 Å². The number of aromatic nitrogens is 2. The largest absolute Gasteiger partial charge is 0.342 e. The van der Waals surface area contributed by atoms with E-state index in [2.05, 4.69) is 24.0 Å². The Morgan fingerprint density at radius 2 is 2.26 bits per heavy atom. The number of carbonyl (C=O) groups is 1. The lowest BCUT2D eigenvalue weighted by atomic mass is 9.91. The van der Waals surface area contributed by atoms with E-state index in [9.17, 15) is 4.79 Å². The Morgan fingerprint density at radius 1 is 1.48 bits per heavy atom. The van der Waals surface area contributed by atoms with E-state index in [-0.39, 0.29) is 5.91 Å². The van der Waals surface area contributed by atoms with Crippen molar-refractivity contribution in [3.8, 4) is 0 Å². The molecule has 0 aromatic carbocycles. The van der Waals surface area contributed by atoms with E-state index in [1.165, 1.54) is 0 Å². The van der Waals surface area contributed by atoms with Crippen LogP contribution in [0.5, 0.6) is 0 Å². The molecule has 3 heterocycles. The first kappa shape index (κ1) is 17.3. The van der Waals surface area contributed by atoms with Gasteiger partial charge in [0.25, 0.3) is 0 Å². The fourth-order valence-corrected chi connectivity index (χ4v) is 5.90. The highest BCUT2D eigenvalue weighted by molar-refractivity contribution is 8.00. The molecule has 2 unspecified atom stereocenters. The highest BCUT2D eigenvalue weighted by Crippen LogP contribution is 2.50. The van der Waals surface area contributed by atoms with Crippen molar-refractivity contribution < 1.29 is 4.79 Å². The number of amides is 1. The lowest BCUT2D eigenvalue weighted by Gasteiger charge is -2.33. The molecule has 126 valence electrons. The molecular weight excluding hydrogens is 352 g/mol. The number of piperidine rings is 1. The van der Waals surface area contributed by atoms with Gasteiger partial charge in [-0.15, -0.1) is 11.8 Å². The minimum atomic E-state index is 0.150. The molecule has 0 radical (unpaired) electrons. The fraction of sp³-hybridized carbons (Fsp3) is 0.667. The summed E-state index contributed by atoms with van der Waals surface area (Å²) in [6.45, 7) is 4.20. The molecule has 1 fully saturated rings. The van der Waals surface area contributed by atoms with Crippen LogP contribution in [-0.2, 0) is 4.79 Å². The zero-order valence-electron chi connectivity index (χ0n) is 13.6. The molecular formula is C15H21ClN4OS2. The van der Waals surface area contributed by atoms with Gasteiger partial charge in [-0.1, -0.05) is 23.4 Å². The summed E-state index contributed by atoms with van der Waals surface area (Å²) in [5, 5.41) is 2.72. The summed E-state index contributed by atoms with van der Waals surface area (Å²) in [6, 6.07) is 0. The zero-order valence-corrected chi connectivity index (χ0v) is 16.0. The second kappa shape index (κ2) is 7.17. The fourth-order valence-electron chi connectivity index (χ4n) is 2.99. The van der Waals surface area contributed by atoms with Crippen molar-refractivity contribution in [1.82, 2.24) is 19.8 Å². The Kier molecular flexibility index (Phi) is 5.40. The Labute approximate surface area is 150 Å². The number of hydrogen-bond acceptors (Lipinski definition) is 6. The van der Waals surface area contributed by atoms with Gasteiger partial charge in [0.05, 0.1) is 0 Å². The van der Waals surface area contributed by atoms with Gasteiger partial charge in [0.2, 0.25) is 5.91 Å². The van der Waals surface area contributed by atoms with Crippen molar-refractivity contribution in [3.63, 3.8) is 0 Å². The van der Waals surface area contributed by atoms with Crippen molar-refractivity contribution >= 4 is 41.0 Å². The lowest BCUT2D eigenvalue weighted by Crippen LogP contribution is -2.42. The highest BCUT2D eigenvalue weighted by atomic mass is 35.5. The van der Waals surface area contributed by atoms with Gasteiger partial charge >= 0.3 is 0 Å². The monoisotopic (exact) mass is 372 g/mol. The maximum atomic E-state index is 11.6. The molecule has 5 nitrogen and oxygen atoms in total.